The van der Waals surface area contributed by atoms with Crippen molar-refractivity contribution in [1.29, 1.82) is 0 Å². The molecule has 1 aromatic carbocycles. The number of methoxy groups -OCH3 is 1. The van der Waals surface area contributed by atoms with E-state index in [4.69, 9.17) is 10.5 Å². The Morgan fingerprint density at radius 1 is 1.26 bits per heavy atom. The molecular weight excluding hydrogens is 390 g/mol. The first-order chi connectivity index (χ1) is 11.9. The van der Waals surface area contributed by atoms with E-state index in [0.717, 1.165) is 0 Å². The van der Waals surface area contributed by atoms with Gasteiger partial charge in [-0.15, -0.1) is 12.4 Å². The molecule has 0 saturated carbocycles. The van der Waals surface area contributed by atoms with Gasteiger partial charge in [0.25, 0.3) is 5.91 Å². The molecule has 0 radical (unpaired) electrons. The van der Waals surface area contributed by atoms with E-state index in [1.807, 2.05) is 6.92 Å². The predicted molar refractivity (Wildman–Crippen MR) is 110 cm³/mol. The second-order valence-corrected chi connectivity index (χ2v) is 9.14. The van der Waals surface area contributed by atoms with Gasteiger partial charge in [-0.3, -0.25) is 4.79 Å². The predicted octanol–water partition coefficient (Wildman–Crippen LogP) is 2.30. The normalized spacial score (nSPS) is 13.8. The number of benzene rings is 1. The number of amides is 1. The lowest BCUT2D eigenvalue weighted by Crippen LogP contribution is -2.52. The number of ether oxygens (including phenoxy) is 1. The van der Waals surface area contributed by atoms with Crippen molar-refractivity contribution in [2.45, 2.75) is 57.5 Å². The van der Waals surface area contributed by atoms with Crippen LogP contribution in [0.2, 0.25) is 0 Å². The van der Waals surface area contributed by atoms with Gasteiger partial charge in [0.05, 0.1) is 7.11 Å². The Bertz CT molecular complexity index is 738. The van der Waals surface area contributed by atoms with Crippen molar-refractivity contribution < 1.29 is 17.9 Å². The fraction of sp³-hybridized carbons (Fsp3) is 0.611. The van der Waals surface area contributed by atoms with Gasteiger partial charge in [-0.2, -0.15) is 0 Å². The molecule has 4 N–H and O–H groups in total. The summed E-state index contributed by atoms with van der Waals surface area (Å²) in [5, 5.41) is 2.93. The highest BCUT2D eigenvalue weighted by atomic mass is 35.5. The highest BCUT2D eigenvalue weighted by molar-refractivity contribution is 7.89. The number of rotatable bonds is 9. The van der Waals surface area contributed by atoms with Crippen molar-refractivity contribution in [1.82, 2.24) is 10.0 Å². The summed E-state index contributed by atoms with van der Waals surface area (Å²) in [5.74, 6) is 0.159. The van der Waals surface area contributed by atoms with Gasteiger partial charge in [0.1, 0.15) is 10.6 Å². The summed E-state index contributed by atoms with van der Waals surface area (Å²) < 4.78 is 32.7. The molecule has 0 aliphatic heterocycles. The first kappa shape index (κ1) is 25.6. The Kier molecular flexibility index (Phi) is 9.75. The lowest BCUT2D eigenvalue weighted by molar-refractivity contribution is 0.0898. The van der Waals surface area contributed by atoms with Gasteiger partial charge in [0.2, 0.25) is 10.0 Å². The van der Waals surface area contributed by atoms with Crippen LogP contribution in [0.25, 0.3) is 0 Å². The smallest absolute Gasteiger partial charge is 0.251 e. The molecule has 1 amide bonds. The summed E-state index contributed by atoms with van der Waals surface area (Å²) >= 11 is 0. The van der Waals surface area contributed by atoms with Gasteiger partial charge in [-0.25, -0.2) is 13.1 Å². The van der Waals surface area contributed by atoms with E-state index in [9.17, 15) is 13.2 Å². The topological polar surface area (TPSA) is 111 Å². The summed E-state index contributed by atoms with van der Waals surface area (Å²) in [6.45, 7) is 9.71. The Morgan fingerprint density at radius 3 is 2.30 bits per heavy atom. The lowest BCUT2D eigenvalue weighted by Gasteiger charge is -2.31. The van der Waals surface area contributed by atoms with Crippen molar-refractivity contribution >= 4 is 28.3 Å². The molecule has 9 heteroatoms. The first-order valence-electron chi connectivity index (χ1n) is 8.67. The van der Waals surface area contributed by atoms with Crippen LogP contribution in [0.3, 0.4) is 0 Å². The third kappa shape index (κ3) is 7.29. The van der Waals surface area contributed by atoms with Gasteiger partial charge >= 0.3 is 0 Å². The Balaban J connectivity index is 0.00000676. The molecule has 0 aliphatic carbocycles. The number of hydrogen-bond acceptors (Lipinski definition) is 5. The summed E-state index contributed by atoms with van der Waals surface area (Å²) in [6, 6.07) is 4.06. The zero-order valence-corrected chi connectivity index (χ0v) is 18.5. The standard InChI is InChI=1S/C18H31N3O4S.ClH/c1-12(2)10-18(5,11-19)20-17(22)14-7-8-15(25-6)16(9-14)26(23,24)21-13(3)4;/h7-9,12-13,21H,10-11,19H2,1-6H3,(H,20,22);1H. The number of hydrogen-bond donors (Lipinski definition) is 3. The van der Waals surface area contributed by atoms with Crippen LogP contribution >= 0.6 is 12.4 Å². The van der Waals surface area contributed by atoms with Gasteiger partial charge < -0.3 is 15.8 Å². The Hall–Kier alpha value is -1.35. The molecular formula is C18H32ClN3O4S. The molecule has 0 heterocycles. The lowest BCUT2D eigenvalue weighted by atomic mass is 9.90. The fourth-order valence-electron chi connectivity index (χ4n) is 2.83. The monoisotopic (exact) mass is 421 g/mol. The van der Waals surface area contributed by atoms with Crippen LogP contribution in [0.5, 0.6) is 5.75 Å². The average molecular weight is 422 g/mol. The summed E-state index contributed by atoms with van der Waals surface area (Å²) in [7, 11) is -2.42. The van der Waals surface area contributed by atoms with Crippen molar-refractivity contribution in [3.8, 4) is 5.75 Å². The molecule has 0 saturated heterocycles. The second kappa shape index (κ2) is 10.3. The Labute approximate surface area is 168 Å². The van der Waals surface area contributed by atoms with E-state index in [-0.39, 0.29) is 47.1 Å². The van der Waals surface area contributed by atoms with Gasteiger partial charge in [0.15, 0.2) is 0 Å². The third-order valence-electron chi connectivity index (χ3n) is 3.83. The maximum absolute atomic E-state index is 12.7. The van der Waals surface area contributed by atoms with Crippen molar-refractivity contribution in [2.24, 2.45) is 11.7 Å². The highest BCUT2D eigenvalue weighted by Gasteiger charge is 2.28. The van der Waals surface area contributed by atoms with Gasteiger partial charge in [-0.1, -0.05) is 13.8 Å². The van der Waals surface area contributed by atoms with Crippen molar-refractivity contribution in [3.05, 3.63) is 23.8 Å². The van der Waals surface area contributed by atoms with E-state index in [2.05, 4.69) is 23.9 Å². The summed E-state index contributed by atoms with van der Waals surface area (Å²) in [4.78, 5) is 12.6. The van der Waals surface area contributed by atoms with Crippen LogP contribution in [0.1, 0.15) is 51.4 Å². The van der Waals surface area contributed by atoms with Crippen LogP contribution < -0.4 is 20.5 Å². The first-order valence-corrected chi connectivity index (χ1v) is 10.2. The van der Waals surface area contributed by atoms with Gasteiger partial charge in [-0.05, 0) is 51.3 Å². The number of carbonyl (C=O) groups is 1. The number of halogens is 1. The molecule has 7 nitrogen and oxygen atoms in total. The maximum Gasteiger partial charge on any atom is 0.251 e. The Morgan fingerprint density at radius 2 is 1.85 bits per heavy atom. The molecule has 0 bridgehead atoms. The largest absolute Gasteiger partial charge is 0.495 e. The van der Waals surface area contributed by atoms with Crippen LogP contribution in [0, 0.1) is 5.92 Å². The van der Waals surface area contributed by atoms with E-state index >= 15 is 0 Å². The summed E-state index contributed by atoms with van der Waals surface area (Å²) in [6.07, 6.45) is 0.714. The summed E-state index contributed by atoms with van der Waals surface area (Å²) in [5.41, 5.74) is 5.51. The van der Waals surface area contributed by atoms with E-state index in [1.54, 1.807) is 13.8 Å². The van der Waals surface area contributed by atoms with Crippen LogP contribution in [0.4, 0.5) is 0 Å². The minimum atomic E-state index is -3.81. The molecule has 0 fully saturated rings. The van der Waals surface area contributed by atoms with Crippen LogP contribution in [-0.4, -0.2) is 39.6 Å². The second-order valence-electron chi connectivity index (χ2n) is 7.46. The van der Waals surface area contributed by atoms with Crippen LogP contribution in [-0.2, 0) is 10.0 Å². The SMILES string of the molecule is COc1ccc(C(=O)NC(C)(CN)CC(C)C)cc1S(=O)(=O)NC(C)C.Cl. The average Bonchev–Trinajstić information content (AvgIpc) is 2.52. The molecule has 1 rings (SSSR count). The number of sulfonamides is 1. The molecule has 1 unspecified atom stereocenters. The molecule has 0 spiro atoms. The van der Waals surface area contributed by atoms with E-state index in [0.29, 0.717) is 12.3 Å². The molecule has 1 aromatic rings. The molecule has 27 heavy (non-hydrogen) atoms. The minimum Gasteiger partial charge on any atom is -0.495 e. The fourth-order valence-corrected chi connectivity index (χ4v) is 4.28. The van der Waals surface area contributed by atoms with Crippen molar-refractivity contribution in [3.63, 3.8) is 0 Å². The third-order valence-corrected chi connectivity index (χ3v) is 5.51. The van der Waals surface area contributed by atoms with Crippen molar-refractivity contribution in [2.75, 3.05) is 13.7 Å². The highest BCUT2D eigenvalue weighted by Crippen LogP contribution is 2.26. The number of nitrogens with two attached hydrogens (primary N) is 1. The van der Waals surface area contributed by atoms with E-state index < -0.39 is 15.6 Å². The molecule has 156 valence electrons. The molecule has 0 aliphatic rings. The molecule has 1 atom stereocenters. The zero-order valence-electron chi connectivity index (χ0n) is 16.8. The maximum atomic E-state index is 12.7. The van der Waals surface area contributed by atoms with E-state index in [1.165, 1.54) is 25.3 Å². The minimum absolute atomic E-state index is 0. The number of carbonyl (C=O) groups excluding carboxylic acids is 1. The number of nitrogens with one attached hydrogen (secondary N) is 2. The quantitative estimate of drug-likeness (QED) is 0.566. The molecule has 0 aromatic heterocycles. The zero-order chi connectivity index (χ0) is 20.1. The van der Waals surface area contributed by atoms with Crippen LogP contribution in [0.15, 0.2) is 23.1 Å². The van der Waals surface area contributed by atoms with Gasteiger partial charge in [0, 0.05) is 23.7 Å².